The van der Waals surface area contributed by atoms with Crippen LogP contribution in [-0.2, 0) is 0 Å². The number of primary amides is 1. The summed E-state index contributed by atoms with van der Waals surface area (Å²) in [5.41, 5.74) is 6.47. The van der Waals surface area contributed by atoms with Gasteiger partial charge in [0.15, 0.2) is 0 Å². The SMILES string of the molecule is CCCOc1cnc(-c2ccc3cc(C#N)cnn23)c(N(C[C@@H](F)C(C)(C)O)c2ccc(C(N)=O)cn2)c1. The van der Waals surface area contributed by atoms with Crippen LogP contribution in [0.1, 0.15) is 43.1 Å². The Labute approximate surface area is 219 Å². The lowest BCUT2D eigenvalue weighted by Gasteiger charge is -2.31. The fourth-order valence-electron chi connectivity index (χ4n) is 3.77. The molecule has 0 aliphatic heterocycles. The molecule has 4 aromatic heterocycles. The molecule has 4 aromatic rings. The first-order chi connectivity index (χ1) is 18.1. The minimum absolute atomic E-state index is 0.196. The number of carbonyl (C=O) groups excluding carboxylic acids is 1. The molecule has 10 nitrogen and oxygen atoms in total. The Morgan fingerprint density at radius 2 is 2.03 bits per heavy atom. The highest BCUT2D eigenvalue weighted by Crippen LogP contribution is 2.37. The van der Waals surface area contributed by atoms with Crippen molar-refractivity contribution in [3.63, 3.8) is 0 Å². The number of nitrogens with two attached hydrogens (primary N) is 1. The van der Waals surface area contributed by atoms with Gasteiger partial charge in [-0.05, 0) is 50.6 Å². The van der Waals surface area contributed by atoms with Crippen LogP contribution in [0, 0.1) is 11.3 Å². The summed E-state index contributed by atoms with van der Waals surface area (Å²) in [6.07, 6.45) is 3.42. The average molecular weight is 518 g/mol. The van der Waals surface area contributed by atoms with Crippen LogP contribution in [-0.4, -0.2) is 55.5 Å². The van der Waals surface area contributed by atoms with Gasteiger partial charge in [0, 0.05) is 12.3 Å². The van der Waals surface area contributed by atoms with Gasteiger partial charge in [-0.2, -0.15) is 10.4 Å². The van der Waals surface area contributed by atoms with Gasteiger partial charge in [-0.1, -0.05) is 6.92 Å². The molecular weight excluding hydrogens is 489 g/mol. The summed E-state index contributed by atoms with van der Waals surface area (Å²) in [4.78, 5) is 22.2. The van der Waals surface area contributed by atoms with E-state index in [1.54, 1.807) is 45.9 Å². The molecule has 3 N–H and O–H groups in total. The first kappa shape index (κ1) is 26.5. The third kappa shape index (κ3) is 5.55. The van der Waals surface area contributed by atoms with Gasteiger partial charge in [0.05, 0.1) is 59.2 Å². The second kappa shape index (κ2) is 10.8. The number of pyridine rings is 2. The Bertz CT molecular complexity index is 1490. The maximum atomic E-state index is 15.4. The molecule has 0 fully saturated rings. The number of hydrogen-bond donors (Lipinski definition) is 2. The molecule has 0 saturated heterocycles. The van der Waals surface area contributed by atoms with E-state index in [9.17, 15) is 15.2 Å². The summed E-state index contributed by atoms with van der Waals surface area (Å²) in [6, 6.07) is 12.1. The van der Waals surface area contributed by atoms with Crippen LogP contribution < -0.4 is 15.4 Å². The number of carbonyl (C=O) groups is 1. The number of hydrogen-bond acceptors (Lipinski definition) is 8. The van der Waals surface area contributed by atoms with Crippen LogP contribution in [0.5, 0.6) is 5.75 Å². The van der Waals surface area contributed by atoms with Gasteiger partial charge >= 0.3 is 0 Å². The van der Waals surface area contributed by atoms with Crippen molar-refractivity contribution in [3.8, 4) is 23.2 Å². The van der Waals surface area contributed by atoms with Gasteiger partial charge < -0.3 is 20.5 Å². The Hall–Kier alpha value is -4.56. The van der Waals surface area contributed by atoms with Gasteiger partial charge in [0.1, 0.15) is 29.5 Å². The van der Waals surface area contributed by atoms with Gasteiger partial charge in [-0.15, -0.1) is 0 Å². The summed E-state index contributed by atoms with van der Waals surface area (Å²) < 4.78 is 22.8. The molecule has 0 unspecified atom stereocenters. The molecule has 4 heterocycles. The predicted molar refractivity (Wildman–Crippen MR) is 140 cm³/mol. The minimum atomic E-state index is -1.69. The average Bonchev–Trinajstić information content (AvgIpc) is 3.32. The Kier molecular flexibility index (Phi) is 7.55. The van der Waals surface area contributed by atoms with Crippen molar-refractivity contribution >= 4 is 22.9 Å². The number of fused-ring (bicyclic) bond motifs is 1. The minimum Gasteiger partial charge on any atom is -0.492 e. The molecule has 0 saturated carbocycles. The number of rotatable bonds is 10. The van der Waals surface area contributed by atoms with E-state index in [2.05, 4.69) is 21.1 Å². The number of amides is 1. The number of ether oxygens (including phenoxy) is 1. The quantitative estimate of drug-likeness (QED) is 0.323. The second-order valence-corrected chi connectivity index (χ2v) is 9.30. The Morgan fingerprint density at radius 1 is 1.24 bits per heavy atom. The van der Waals surface area contributed by atoms with Crippen molar-refractivity contribution in [2.24, 2.45) is 5.73 Å². The number of nitriles is 1. The zero-order valence-electron chi connectivity index (χ0n) is 21.3. The molecule has 11 heteroatoms. The van der Waals surface area contributed by atoms with E-state index in [1.807, 2.05) is 6.92 Å². The van der Waals surface area contributed by atoms with E-state index < -0.39 is 17.7 Å². The van der Waals surface area contributed by atoms with Gasteiger partial charge in [0.2, 0.25) is 5.91 Å². The highest BCUT2D eigenvalue weighted by molar-refractivity contribution is 5.92. The highest BCUT2D eigenvalue weighted by Gasteiger charge is 2.31. The third-order valence-electron chi connectivity index (χ3n) is 5.90. The molecule has 38 heavy (non-hydrogen) atoms. The second-order valence-electron chi connectivity index (χ2n) is 9.30. The topological polar surface area (TPSA) is 143 Å². The molecular formula is C27H28FN7O3. The van der Waals surface area contributed by atoms with E-state index in [4.69, 9.17) is 10.5 Å². The van der Waals surface area contributed by atoms with Crippen LogP contribution in [0.2, 0.25) is 0 Å². The summed E-state index contributed by atoms with van der Waals surface area (Å²) in [5.74, 6) is 0.122. The number of aromatic nitrogens is 4. The van der Waals surface area contributed by atoms with Crippen LogP contribution in [0.15, 0.2) is 55.0 Å². The fraction of sp³-hybridized carbons (Fsp3) is 0.296. The number of halogens is 1. The van der Waals surface area contributed by atoms with Crippen molar-refractivity contribution in [3.05, 3.63) is 66.1 Å². The summed E-state index contributed by atoms with van der Waals surface area (Å²) in [5, 5.41) is 24.0. The molecule has 4 rings (SSSR count). The predicted octanol–water partition coefficient (Wildman–Crippen LogP) is 3.80. The van der Waals surface area contributed by atoms with Crippen molar-refractivity contribution < 1.29 is 19.0 Å². The van der Waals surface area contributed by atoms with Crippen molar-refractivity contribution in [2.75, 3.05) is 18.1 Å². The molecule has 0 aromatic carbocycles. The number of nitrogens with zero attached hydrogens (tertiary/aromatic N) is 6. The van der Waals surface area contributed by atoms with E-state index in [0.717, 1.165) is 6.42 Å². The molecule has 0 spiro atoms. The molecule has 0 bridgehead atoms. The summed E-state index contributed by atoms with van der Waals surface area (Å²) in [6.45, 7) is 4.92. The van der Waals surface area contributed by atoms with Gasteiger partial charge in [0.25, 0.3) is 0 Å². The van der Waals surface area contributed by atoms with E-state index >= 15 is 4.39 Å². The van der Waals surface area contributed by atoms with Crippen LogP contribution in [0.3, 0.4) is 0 Å². The van der Waals surface area contributed by atoms with Crippen molar-refractivity contribution in [1.29, 1.82) is 5.26 Å². The Morgan fingerprint density at radius 3 is 2.66 bits per heavy atom. The molecule has 0 radical (unpaired) electrons. The maximum absolute atomic E-state index is 15.4. The van der Waals surface area contributed by atoms with Gasteiger partial charge in [-0.25, -0.2) is 18.9 Å². The van der Waals surface area contributed by atoms with Crippen molar-refractivity contribution in [1.82, 2.24) is 19.6 Å². The monoisotopic (exact) mass is 517 g/mol. The molecule has 0 aliphatic carbocycles. The zero-order valence-corrected chi connectivity index (χ0v) is 21.3. The molecule has 1 amide bonds. The lowest BCUT2D eigenvalue weighted by atomic mass is 10.0. The van der Waals surface area contributed by atoms with Gasteiger partial charge in [-0.3, -0.25) is 4.79 Å². The van der Waals surface area contributed by atoms with Crippen LogP contribution in [0.25, 0.3) is 16.9 Å². The van der Waals surface area contributed by atoms with Crippen molar-refractivity contribution in [2.45, 2.75) is 39.0 Å². The number of alkyl halides is 1. The standard InChI is InChI=1S/C27H28FN7O3/c1-4-9-38-20-11-22(25(32-15-20)21-7-6-19-10-17(12-29)13-33-35(19)21)34(16-23(28)27(2,3)37)24-8-5-18(14-31-24)26(30)36/h5-8,10-11,13-15,23,37H,4,9,16H2,1-3H3,(H2,30,36)/t23-/m1/s1. The van der Waals surface area contributed by atoms with Crippen LogP contribution >= 0.6 is 0 Å². The largest absolute Gasteiger partial charge is 0.492 e. The third-order valence-corrected chi connectivity index (χ3v) is 5.90. The Balaban J connectivity index is 1.92. The number of anilines is 2. The highest BCUT2D eigenvalue weighted by atomic mass is 19.1. The summed E-state index contributed by atoms with van der Waals surface area (Å²) >= 11 is 0. The van der Waals surface area contributed by atoms with Crippen LogP contribution in [0.4, 0.5) is 15.9 Å². The number of aliphatic hydroxyl groups is 1. The lowest BCUT2D eigenvalue weighted by molar-refractivity contribution is 0.00141. The lowest BCUT2D eigenvalue weighted by Crippen LogP contribution is -2.41. The molecule has 1 atom stereocenters. The first-order valence-corrected chi connectivity index (χ1v) is 12.0. The first-order valence-electron chi connectivity index (χ1n) is 12.0. The maximum Gasteiger partial charge on any atom is 0.250 e. The zero-order chi connectivity index (χ0) is 27.4. The molecule has 196 valence electrons. The molecule has 0 aliphatic rings. The summed E-state index contributed by atoms with van der Waals surface area (Å²) in [7, 11) is 0. The van der Waals surface area contributed by atoms with E-state index in [-0.39, 0.29) is 12.1 Å². The smallest absolute Gasteiger partial charge is 0.250 e. The fourth-order valence-corrected chi connectivity index (χ4v) is 3.77. The van der Waals surface area contributed by atoms with E-state index in [0.29, 0.717) is 46.3 Å². The van der Waals surface area contributed by atoms with E-state index in [1.165, 1.54) is 32.3 Å². The normalized spacial score (nSPS) is 12.2.